The number of anilines is 2. The van der Waals surface area contributed by atoms with Gasteiger partial charge in [0.2, 0.25) is 5.95 Å². The highest BCUT2D eigenvalue weighted by Gasteiger charge is 2.03. The number of ether oxygens (including phenoxy) is 1. The van der Waals surface area contributed by atoms with E-state index < -0.39 is 0 Å². The van der Waals surface area contributed by atoms with Crippen molar-refractivity contribution < 1.29 is 4.74 Å². The number of hydrogen-bond donors (Lipinski definition) is 2. The molecule has 0 fully saturated rings. The van der Waals surface area contributed by atoms with Crippen LogP contribution in [0.3, 0.4) is 0 Å². The van der Waals surface area contributed by atoms with E-state index in [1.54, 1.807) is 13.3 Å². The monoisotopic (exact) mass is 301 g/mol. The fourth-order valence-corrected chi connectivity index (χ4v) is 1.97. The number of rotatable bonds is 8. The molecule has 0 saturated carbocycles. The van der Waals surface area contributed by atoms with Gasteiger partial charge in [0.15, 0.2) is 0 Å². The molecule has 0 aliphatic rings. The van der Waals surface area contributed by atoms with E-state index in [9.17, 15) is 0 Å². The van der Waals surface area contributed by atoms with Crippen LogP contribution >= 0.6 is 0 Å². The van der Waals surface area contributed by atoms with Gasteiger partial charge in [-0.2, -0.15) is 4.98 Å². The van der Waals surface area contributed by atoms with E-state index in [2.05, 4.69) is 25.5 Å². The Morgan fingerprint density at radius 3 is 2.73 bits per heavy atom. The van der Waals surface area contributed by atoms with Crippen molar-refractivity contribution >= 4 is 11.8 Å². The lowest BCUT2D eigenvalue weighted by molar-refractivity contribution is 0.410. The molecule has 1 aromatic heterocycles. The molecular formula is C16H23N5O. The van der Waals surface area contributed by atoms with E-state index in [0.29, 0.717) is 12.5 Å². The number of para-hydroxylation sites is 1. The molecule has 0 radical (unpaired) electrons. The van der Waals surface area contributed by atoms with E-state index in [1.807, 2.05) is 44.4 Å². The van der Waals surface area contributed by atoms with E-state index in [0.717, 1.165) is 30.2 Å². The zero-order valence-corrected chi connectivity index (χ0v) is 13.3. The van der Waals surface area contributed by atoms with Crippen LogP contribution < -0.4 is 15.4 Å². The van der Waals surface area contributed by atoms with Crippen LogP contribution in [0.2, 0.25) is 0 Å². The number of nitrogens with zero attached hydrogens (tertiary/aromatic N) is 3. The van der Waals surface area contributed by atoms with E-state index >= 15 is 0 Å². The Kier molecular flexibility index (Phi) is 5.97. The van der Waals surface area contributed by atoms with E-state index in [4.69, 9.17) is 4.74 Å². The molecule has 22 heavy (non-hydrogen) atoms. The summed E-state index contributed by atoms with van der Waals surface area (Å²) in [5, 5.41) is 6.50. The summed E-state index contributed by atoms with van der Waals surface area (Å²) >= 11 is 0. The maximum absolute atomic E-state index is 5.34. The van der Waals surface area contributed by atoms with Crippen molar-refractivity contribution in [3.05, 3.63) is 42.1 Å². The molecule has 118 valence electrons. The summed E-state index contributed by atoms with van der Waals surface area (Å²) in [6.45, 7) is 2.41. The molecule has 6 heteroatoms. The normalized spacial score (nSPS) is 10.5. The van der Waals surface area contributed by atoms with Gasteiger partial charge >= 0.3 is 0 Å². The Bertz CT molecular complexity index is 588. The summed E-state index contributed by atoms with van der Waals surface area (Å²) in [6.07, 6.45) is 1.75. The van der Waals surface area contributed by atoms with Crippen LogP contribution in [0, 0.1) is 0 Å². The molecule has 0 atom stereocenters. The van der Waals surface area contributed by atoms with Crippen LogP contribution in [0.4, 0.5) is 11.8 Å². The Balaban J connectivity index is 1.92. The van der Waals surface area contributed by atoms with Gasteiger partial charge in [-0.05, 0) is 26.2 Å². The van der Waals surface area contributed by atoms with Crippen molar-refractivity contribution in [1.29, 1.82) is 0 Å². The molecule has 1 aromatic carbocycles. The maximum atomic E-state index is 5.34. The lowest BCUT2D eigenvalue weighted by Gasteiger charge is -2.12. The van der Waals surface area contributed by atoms with Crippen LogP contribution in [0.15, 0.2) is 36.5 Å². The number of hydrogen-bond acceptors (Lipinski definition) is 6. The molecular weight excluding hydrogens is 278 g/mol. The zero-order valence-electron chi connectivity index (χ0n) is 13.3. The van der Waals surface area contributed by atoms with Crippen molar-refractivity contribution in [3.8, 4) is 5.75 Å². The average Bonchev–Trinajstić information content (AvgIpc) is 2.53. The van der Waals surface area contributed by atoms with E-state index in [1.165, 1.54) is 0 Å². The number of benzene rings is 1. The van der Waals surface area contributed by atoms with Crippen molar-refractivity contribution in [3.63, 3.8) is 0 Å². The molecule has 2 aromatic rings. The van der Waals surface area contributed by atoms with Crippen LogP contribution in [0.5, 0.6) is 5.75 Å². The van der Waals surface area contributed by atoms with Gasteiger partial charge in [-0.15, -0.1) is 0 Å². The van der Waals surface area contributed by atoms with Crippen molar-refractivity contribution in [2.24, 2.45) is 0 Å². The molecule has 1 heterocycles. The first kappa shape index (κ1) is 16.0. The van der Waals surface area contributed by atoms with Crippen LogP contribution in [-0.4, -0.2) is 49.2 Å². The summed E-state index contributed by atoms with van der Waals surface area (Å²) < 4.78 is 5.34. The molecule has 0 bridgehead atoms. The summed E-state index contributed by atoms with van der Waals surface area (Å²) in [4.78, 5) is 10.8. The standard InChI is InChI=1S/C16H23N5O/c1-21(2)11-10-17-15-8-9-18-16(20-15)19-12-13-6-4-5-7-14(13)22-3/h4-9H,10-12H2,1-3H3,(H2,17,18,19,20). The summed E-state index contributed by atoms with van der Waals surface area (Å²) in [6, 6.07) is 9.76. The van der Waals surface area contributed by atoms with Gasteiger partial charge in [0, 0.05) is 31.4 Å². The van der Waals surface area contributed by atoms with Crippen LogP contribution in [0.25, 0.3) is 0 Å². The van der Waals surface area contributed by atoms with Gasteiger partial charge in [0.25, 0.3) is 0 Å². The SMILES string of the molecule is COc1ccccc1CNc1nccc(NCCN(C)C)n1. The molecule has 6 nitrogen and oxygen atoms in total. The third-order valence-electron chi connectivity index (χ3n) is 3.15. The van der Waals surface area contributed by atoms with Crippen molar-refractivity contribution in [1.82, 2.24) is 14.9 Å². The lowest BCUT2D eigenvalue weighted by atomic mass is 10.2. The summed E-state index contributed by atoms with van der Waals surface area (Å²) in [5.74, 6) is 2.27. The van der Waals surface area contributed by atoms with Crippen molar-refractivity contribution in [2.75, 3.05) is 44.9 Å². The summed E-state index contributed by atoms with van der Waals surface area (Å²) in [7, 11) is 5.76. The molecule has 0 aliphatic carbocycles. The fraction of sp³-hybridized carbons (Fsp3) is 0.375. The minimum atomic E-state index is 0.598. The molecule has 0 saturated heterocycles. The molecule has 0 amide bonds. The number of aromatic nitrogens is 2. The second kappa shape index (κ2) is 8.19. The van der Waals surface area contributed by atoms with Gasteiger partial charge in [0.1, 0.15) is 11.6 Å². The highest BCUT2D eigenvalue weighted by molar-refractivity contribution is 5.41. The van der Waals surface area contributed by atoms with Crippen molar-refractivity contribution in [2.45, 2.75) is 6.54 Å². The predicted molar refractivity (Wildman–Crippen MR) is 89.4 cm³/mol. The van der Waals surface area contributed by atoms with E-state index in [-0.39, 0.29) is 0 Å². The molecule has 0 spiro atoms. The molecule has 0 aliphatic heterocycles. The predicted octanol–water partition coefficient (Wildman–Crippen LogP) is 2.07. The number of methoxy groups -OCH3 is 1. The highest BCUT2D eigenvalue weighted by atomic mass is 16.5. The third kappa shape index (κ3) is 4.89. The molecule has 0 unspecified atom stereocenters. The number of nitrogens with one attached hydrogen (secondary N) is 2. The largest absolute Gasteiger partial charge is 0.496 e. The first-order valence-electron chi connectivity index (χ1n) is 7.26. The van der Waals surface area contributed by atoms with Crippen LogP contribution in [-0.2, 0) is 6.54 Å². The topological polar surface area (TPSA) is 62.3 Å². The smallest absolute Gasteiger partial charge is 0.224 e. The molecule has 2 rings (SSSR count). The fourth-order valence-electron chi connectivity index (χ4n) is 1.97. The molecule has 2 N–H and O–H groups in total. The zero-order chi connectivity index (χ0) is 15.8. The first-order chi connectivity index (χ1) is 10.7. The Hall–Kier alpha value is -2.34. The average molecular weight is 301 g/mol. The quantitative estimate of drug-likeness (QED) is 0.778. The number of likely N-dealkylation sites (N-methyl/N-ethyl adjacent to an activating group) is 1. The minimum absolute atomic E-state index is 0.598. The van der Waals surface area contributed by atoms with Gasteiger partial charge in [0.05, 0.1) is 7.11 Å². The summed E-state index contributed by atoms with van der Waals surface area (Å²) in [5.41, 5.74) is 1.07. The maximum Gasteiger partial charge on any atom is 0.224 e. The second-order valence-electron chi connectivity index (χ2n) is 5.16. The van der Waals surface area contributed by atoms with Gasteiger partial charge in [-0.25, -0.2) is 4.98 Å². The minimum Gasteiger partial charge on any atom is -0.496 e. The van der Waals surface area contributed by atoms with Gasteiger partial charge in [-0.3, -0.25) is 0 Å². The Morgan fingerprint density at radius 1 is 1.14 bits per heavy atom. The highest BCUT2D eigenvalue weighted by Crippen LogP contribution is 2.18. The lowest BCUT2D eigenvalue weighted by Crippen LogP contribution is -2.21. The Labute approximate surface area is 131 Å². The third-order valence-corrected chi connectivity index (χ3v) is 3.15. The van der Waals surface area contributed by atoms with Gasteiger partial charge < -0.3 is 20.3 Å². The second-order valence-corrected chi connectivity index (χ2v) is 5.16. The van der Waals surface area contributed by atoms with Crippen LogP contribution in [0.1, 0.15) is 5.56 Å². The Morgan fingerprint density at radius 2 is 1.95 bits per heavy atom. The van der Waals surface area contributed by atoms with Gasteiger partial charge in [-0.1, -0.05) is 18.2 Å². The first-order valence-corrected chi connectivity index (χ1v) is 7.26.